The number of primary sulfonamides is 1. The highest BCUT2D eigenvalue weighted by Gasteiger charge is 2.50. The van der Waals surface area contributed by atoms with Crippen LogP contribution in [-0.4, -0.2) is 34.4 Å². The number of carbonyl (C=O) groups is 2. The molecule has 31 heavy (non-hydrogen) atoms. The molecule has 2 amide bonds. The fourth-order valence-electron chi connectivity index (χ4n) is 3.15. The molecule has 0 atom stereocenters. The van der Waals surface area contributed by atoms with E-state index in [2.05, 4.69) is 5.32 Å². The van der Waals surface area contributed by atoms with E-state index in [-0.39, 0.29) is 33.5 Å². The molecule has 0 saturated carbocycles. The van der Waals surface area contributed by atoms with E-state index in [1.54, 1.807) is 0 Å². The molecule has 12 heteroatoms. The molecule has 0 radical (unpaired) electrons. The first-order valence-corrected chi connectivity index (χ1v) is 12.5. The maximum absolute atomic E-state index is 12.6. The van der Waals surface area contributed by atoms with Crippen molar-refractivity contribution < 1.29 is 26.4 Å². The molecular formula is C19H20ClN3O6S2. The summed E-state index contributed by atoms with van der Waals surface area (Å²) in [7, 11) is -7.69. The highest BCUT2D eigenvalue weighted by molar-refractivity contribution is 7.94. The zero-order valence-electron chi connectivity index (χ0n) is 16.6. The first-order chi connectivity index (χ1) is 14.2. The number of nitrogens with zero attached hydrogens (tertiary/aromatic N) is 1. The summed E-state index contributed by atoms with van der Waals surface area (Å²) in [5.41, 5.74) is -0.452. The molecule has 0 bridgehead atoms. The predicted octanol–water partition coefficient (Wildman–Crippen LogP) is 1.62. The van der Waals surface area contributed by atoms with Crippen molar-refractivity contribution in [2.75, 3.05) is 10.1 Å². The van der Waals surface area contributed by atoms with Gasteiger partial charge in [0.05, 0.1) is 32.3 Å². The lowest BCUT2D eigenvalue weighted by molar-refractivity contribution is -0.123. The Labute approximate surface area is 185 Å². The van der Waals surface area contributed by atoms with Crippen LogP contribution in [0.15, 0.2) is 47.4 Å². The predicted molar refractivity (Wildman–Crippen MR) is 115 cm³/mol. The van der Waals surface area contributed by atoms with Gasteiger partial charge in [-0.15, -0.1) is 0 Å². The molecule has 0 aliphatic carbocycles. The van der Waals surface area contributed by atoms with Crippen molar-refractivity contribution in [3.8, 4) is 0 Å². The third-order valence-electron chi connectivity index (χ3n) is 4.72. The number of rotatable bonds is 5. The molecule has 1 heterocycles. The third kappa shape index (κ3) is 4.74. The Kier molecular flexibility index (Phi) is 5.91. The van der Waals surface area contributed by atoms with Crippen molar-refractivity contribution in [3.63, 3.8) is 0 Å². The number of hydrogen-bond acceptors (Lipinski definition) is 6. The van der Waals surface area contributed by atoms with Crippen molar-refractivity contribution in [1.29, 1.82) is 0 Å². The summed E-state index contributed by atoms with van der Waals surface area (Å²) < 4.78 is 48.3. The first-order valence-electron chi connectivity index (χ1n) is 8.99. The van der Waals surface area contributed by atoms with Gasteiger partial charge in [0.2, 0.25) is 26.0 Å². The maximum Gasteiger partial charge on any atom is 0.253 e. The zero-order chi connectivity index (χ0) is 23.2. The van der Waals surface area contributed by atoms with Gasteiger partial charge in [-0.05, 0) is 49.7 Å². The standard InChI is InChI=1S/C19H20ClN3O6S2/c1-19(2)11-30(26,27)23(18(19)25)13-5-8-16(20)15(9-13)17(24)22-10-12-3-6-14(7-4-12)31(21,28)29/h3-9H,10-11H2,1-2H3,(H,22,24)(H2,21,28,29). The van der Waals surface area contributed by atoms with Gasteiger partial charge in [-0.3, -0.25) is 9.59 Å². The van der Waals surface area contributed by atoms with Crippen LogP contribution in [0.5, 0.6) is 0 Å². The fraction of sp³-hybridized carbons (Fsp3) is 0.263. The number of nitrogens with two attached hydrogens (primary N) is 1. The molecule has 9 nitrogen and oxygen atoms in total. The molecule has 1 fully saturated rings. The molecule has 2 aromatic carbocycles. The van der Waals surface area contributed by atoms with Gasteiger partial charge < -0.3 is 5.32 Å². The average molecular weight is 486 g/mol. The molecule has 3 rings (SSSR count). The van der Waals surface area contributed by atoms with Gasteiger partial charge in [0.15, 0.2) is 0 Å². The number of halogens is 1. The molecule has 1 saturated heterocycles. The van der Waals surface area contributed by atoms with Crippen LogP contribution in [0.4, 0.5) is 5.69 Å². The number of benzene rings is 2. The van der Waals surface area contributed by atoms with E-state index < -0.39 is 37.3 Å². The Bertz CT molecular complexity index is 1270. The maximum atomic E-state index is 12.6. The number of anilines is 1. The summed E-state index contributed by atoms with van der Waals surface area (Å²) >= 11 is 6.12. The second kappa shape index (κ2) is 7.90. The number of amides is 2. The Balaban J connectivity index is 1.82. The quantitative estimate of drug-likeness (QED) is 0.658. The topological polar surface area (TPSA) is 144 Å². The summed E-state index contributed by atoms with van der Waals surface area (Å²) in [6.45, 7) is 3.13. The van der Waals surface area contributed by atoms with Crippen molar-refractivity contribution in [2.45, 2.75) is 25.3 Å². The fourth-order valence-corrected chi connectivity index (χ4v) is 5.97. The van der Waals surface area contributed by atoms with Crippen LogP contribution in [-0.2, 0) is 31.4 Å². The Morgan fingerprint density at radius 2 is 1.81 bits per heavy atom. The molecule has 3 N–H and O–H groups in total. The van der Waals surface area contributed by atoms with E-state index in [4.69, 9.17) is 16.7 Å². The van der Waals surface area contributed by atoms with Crippen molar-refractivity contribution >= 4 is 49.1 Å². The Morgan fingerprint density at radius 3 is 2.32 bits per heavy atom. The van der Waals surface area contributed by atoms with E-state index in [0.717, 1.165) is 0 Å². The SMILES string of the molecule is CC1(C)CS(=O)(=O)N(c2ccc(Cl)c(C(=O)NCc3ccc(S(N)(=O)=O)cc3)c2)C1=O. The van der Waals surface area contributed by atoms with Crippen molar-refractivity contribution in [2.24, 2.45) is 10.6 Å². The lowest BCUT2D eigenvalue weighted by atomic mass is 9.95. The monoisotopic (exact) mass is 485 g/mol. The minimum absolute atomic E-state index is 0.00645. The third-order valence-corrected chi connectivity index (χ3v) is 8.00. The van der Waals surface area contributed by atoms with Crippen LogP contribution < -0.4 is 14.8 Å². The van der Waals surface area contributed by atoms with Gasteiger partial charge >= 0.3 is 0 Å². The smallest absolute Gasteiger partial charge is 0.253 e. The molecule has 166 valence electrons. The first kappa shape index (κ1) is 23.2. The van der Waals surface area contributed by atoms with Gasteiger partial charge in [0.1, 0.15) is 0 Å². The Hall–Kier alpha value is -2.47. The molecule has 1 aliphatic heterocycles. The van der Waals surface area contributed by atoms with Crippen LogP contribution in [0.2, 0.25) is 5.02 Å². The van der Waals surface area contributed by atoms with Gasteiger partial charge in [-0.25, -0.2) is 26.3 Å². The molecule has 2 aromatic rings. The van der Waals surface area contributed by atoms with Crippen LogP contribution in [0, 0.1) is 5.41 Å². The summed E-state index contributed by atoms with van der Waals surface area (Å²) in [4.78, 5) is 25.2. The molecular weight excluding hydrogens is 466 g/mol. The van der Waals surface area contributed by atoms with Gasteiger partial charge in [-0.1, -0.05) is 23.7 Å². The van der Waals surface area contributed by atoms with Crippen LogP contribution in [0.25, 0.3) is 0 Å². The normalized spacial score (nSPS) is 17.5. The Morgan fingerprint density at radius 1 is 1.19 bits per heavy atom. The summed E-state index contributed by atoms with van der Waals surface area (Å²) in [5, 5.41) is 7.75. The average Bonchev–Trinajstić information content (AvgIpc) is 2.82. The van der Waals surface area contributed by atoms with E-state index in [0.29, 0.717) is 9.87 Å². The van der Waals surface area contributed by atoms with E-state index in [1.807, 2.05) is 0 Å². The van der Waals surface area contributed by atoms with E-state index >= 15 is 0 Å². The lowest BCUT2D eigenvalue weighted by Gasteiger charge is -2.18. The van der Waals surface area contributed by atoms with Crippen LogP contribution in [0.3, 0.4) is 0 Å². The lowest BCUT2D eigenvalue weighted by Crippen LogP contribution is -2.33. The number of carbonyl (C=O) groups excluding carboxylic acids is 2. The zero-order valence-corrected chi connectivity index (χ0v) is 19.0. The van der Waals surface area contributed by atoms with Gasteiger partial charge in [-0.2, -0.15) is 0 Å². The highest BCUT2D eigenvalue weighted by Crippen LogP contribution is 2.36. The second-order valence-electron chi connectivity index (χ2n) is 7.75. The molecule has 0 aromatic heterocycles. The number of hydrogen-bond donors (Lipinski definition) is 2. The van der Waals surface area contributed by atoms with Gasteiger partial charge in [0, 0.05) is 6.54 Å². The van der Waals surface area contributed by atoms with Crippen LogP contribution >= 0.6 is 11.6 Å². The number of sulfonamides is 2. The molecule has 0 unspecified atom stereocenters. The second-order valence-corrected chi connectivity index (χ2v) is 11.5. The summed E-state index contributed by atoms with van der Waals surface area (Å²) in [6, 6.07) is 9.58. The van der Waals surface area contributed by atoms with E-state index in [9.17, 15) is 26.4 Å². The highest BCUT2D eigenvalue weighted by atomic mass is 35.5. The van der Waals surface area contributed by atoms with E-state index in [1.165, 1.54) is 56.3 Å². The van der Waals surface area contributed by atoms with Gasteiger partial charge in [0.25, 0.3) is 5.91 Å². The number of nitrogens with one attached hydrogen (secondary N) is 1. The largest absolute Gasteiger partial charge is 0.348 e. The summed E-state index contributed by atoms with van der Waals surface area (Å²) in [5.74, 6) is -1.51. The molecule has 0 spiro atoms. The molecule has 1 aliphatic rings. The summed E-state index contributed by atoms with van der Waals surface area (Å²) in [6.07, 6.45) is 0. The minimum Gasteiger partial charge on any atom is -0.348 e. The van der Waals surface area contributed by atoms with Crippen molar-refractivity contribution in [1.82, 2.24) is 5.32 Å². The minimum atomic E-state index is -3.87. The van der Waals surface area contributed by atoms with Crippen molar-refractivity contribution in [3.05, 3.63) is 58.6 Å². The van der Waals surface area contributed by atoms with Crippen LogP contribution in [0.1, 0.15) is 29.8 Å².